The van der Waals surface area contributed by atoms with Gasteiger partial charge in [0.2, 0.25) is 0 Å². The Morgan fingerprint density at radius 3 is 2.43 bits per heavy atom. The molecular weight excluding hydrogens is 200 g/mol. The van der Waals surface area contributed by atoms with Crippen LogP contribution >= 0.6 is 0 Å². The van der Waals surface area contributed by atoms with Crippen molar-refractivity contribution >= 4 is 10.1 Å². The molecule has 82 valence electrons. The lowest BCUT2D eigenvalue weighted by molar-refractivity contribution is 0.262. The minimum absolute atomic E-state index is 0.484. The van der Waals surface area contributed by atoms with E-state index in [1.54, 1.807) is 0 Å². The third-order valence-electron chi connectivity index (χ3n) is 1.58. The summed E-state index contributed by atoms with van der Waals surface area (Å²) >= 11 is 0. The molecule has 14 heavy (non-hydrogen) atoms. The van der Waals surface area contributed by atoms with Gasteiger partial charge in [0.25, 0.3) is 10.1 Å². The lowest BCUT2D eigenvalue weighted by Crippen LogP contribution is -2.14. The molecule has 0 aromatic heterocycles. The Bertz CT molecular complexity index is 295. The van der Waals surface area contributed by atoms with Crippen molar-refractivity contribution in [3.8, 4) is 11.8 Å². The van der Waals surface area contributed by atoms with Crippen molar-refractivity contribution in [2.24, 2.45) is 0 Å². The standard InChI is InChI=1S/C10H18O3S/c1-4-6-7-8-9-10(5-2)13-14(3,11)12/h10H,4-7H2,1-3H3/t10-/m0/s1. The van der Waals surface area contributed by atoms with Gasteiger partial charge >= 0.3 is 0 Å². The summed E-state index contributed by atoms with van der Waals surface area (Å²) in [4.78, 5) is 0. The van der Waals surface area contributed by atoms with Crippen molar-refractivity contribution in [2.45, 2.75) is 45.6 Å². The smallest absolute Gasteiger partial charge is 0.254 e. The zero-order valence-electron chi connectivity index (χ0n) is 9.04. The first-order valence-corrected chi connectivity index (χ1v) is 6.68. The summed E-state index contributed by atoms with van der Waals surface area (Å²) in [5.74, 6) is 5.73. The van der Waals surface area contributed by atoms with Crippen LogP contribution in [-0.4, -0.2) is 20.8 Å². The Morgan fingerprint density at radius 2 is 2.00 bits per heavy atom. The number of rotatable bonds is 5. The van der Waals surface area contributed by atoms with Crippen LogP contribution in [0.3, 0.4) is 0 Å². The van der Waals surface area contributed by atoms with Crippen LogP contribution < -0.4 is 0 Å². The molecule has 0 unspecified atom stereocenters. The maximum Gasteiger partial charge on any atom is 0.265 e. The van der Waals surface area contributed by atoms with E-state index < -0.39 is 16.2 Å². The van der Waals surface area contributed by atoms with E-state index in [4.69, 9.17) is 4.18 Å². The van der Waals surface area contributed by atoms with E-state index >= 15 is 0 Å². The molecule has 0 N–H and O–H groups in total. The van der Waals surface area contributed by atoms with Crippen molar-refractivity contribution in [1.82, 2.24) is 0 Å². The van der Waals surface area contributed by atoms with E-state index in [2.05, 4.69) is 18.8 Å². The second-order valence-electron chi connectivity index (χ2n) is 3.12. The summed E-state index contributed by atoms with van der Waals surface area (Å²) in [7, 11) is -3.38. The van der Waals surface area contributed by atoms with Gasteiger partial charge in [0.1, 0.15) is 6.10 Å². The van der Waals surface area contributed by atoms with E-state index in [-0.39, 0.29) is 0 Å². The third-order valence-corrected chi connectivity index (χ3v) is 2.16. The first-order chi connectivity index (χ1) is 6.49. The highest BCUT2D eigenvalue weighted by Gasteiger charge is 2.09. The minimum Gasteiger partial charge on any atom is -0.254 e. The predicted octanol–water partition coefficient (Wildman–Crippen LogP) is 1.93. The molecule has 4 heteroatoms. The largest absolute Gasteiger partial charge is 0.265 e. The van der Waals surface area contributed by atoms with E-state index in [1.165, 1.54) is 0 Å². The van der Waals surface area contributed by atoms with Gasteiger partial charge in [0.05, 0.1) is 6.26 Å². The molecule has 0 saturated carbocycles. The summed E-state index contributed by atoms with van der Waals surface area (Å²) in [5.41, 5.74) is 0. The molecule has 0 aliphatic rings. The highest BCUT2D eigenvalue weighted by Crippen LogP contribution is 2.01. The average molecular weight is 218 g/mol. The Labute approximate surface area is 87.0 Å². The van der Waals surface area contributed by atoms with Crippen LogP contribution in [0.1, 0.15) is 39.5 Å². The normalized spacial score (nSPS) is 13.1. The first kappa shape index (κ1) is 13.5. The SMILES string of the molecule is CCCCC#C[C@H](CC)OS(C)(=O)=O. The van der Waals surface area contributed by atoms with Gasteiger partial charge in [0.15, 0.2) is 0 Å². The number of unbranched alkanes of at least 4 members (excludes halogenated alkanes) is 2. The first-order valence-electron chi connectivity index (χ1n) is 4.86. The summed E-state index contributed by atoms with van der Waals surface area (Å²) in [6, 6.07) is 0. The number of hydrogen-bond acceptors (Lipinski definition) is 3. The topological polar surface area (TPSA) is 43.4 Å². The van der Waals surface area contributed by atoms with Gasteiger partial charge in [-0.15, -0.1) is 5.92 Å². The molecule has 0 aliphatic carbocycles. The Balaban J connectivity index is 4.07. The molecule has 3 nitrogen and oxygen atoms in total. The van der Waals surface area contributed by atoms with Crippen LogP contribution in [0.2, 0.25) is 0 Å². The highest BCUT2D eigenvalue weighted by atomic mass is 32.2. The molecule has 0 rings (SSSR count). The molecule has 0 bridgehead atoms. The molecular formula is C10H18O3S. The molecule has 0 saturated heterocycles. The molecule has 1 atom stereocenters. The second kappa shape index (κ2) is 6.86. The molecule has 0 aromatic rings. The van der Waals surface area contributed by atoms with Gasteiger partial charge in [-0.1, -0.05) is 26.2 Å². The zero-order valence-corrected chi connectivity index (χ0v) is 9.86. The van der Waals surface area contributed by atoms with E-state index in [1.807, 2.05) is 6.92 Å². The number of hydrogen-bond donors (Lipinski definition) is 0. The van der Waals surface area contributed by atoms with E-state index in [0.717, 1.165) is 25.5 Å². The van der Waals surface area contributed by atoms with Crippen LogP contribution in [0.4, 0.5) is 0 Å². The van der Waals surface area contributed by atoms with Gasteiger partial charge in [-0.2, -0.15) is 8.42 Å². The van der Waals surface area contributed by atoms with Crippen molar-refractivity contribution in [3.05, 3.63) is 0 Å². The summed E-state index contributed by atoms with van der Waals surface area (Å²) in [6.07, 6.45) is 4.10. The van der Waals surface area contributed by atoms with Crippen molar-refractivity contribution in [3.63, 3.8) is 0 Å². The molecule has 0 heterocycles. The van der Waals surface area contributed by atoms with E-state index in [9.17, 15) is 8.42 Å². The summed E-state index contributed by atoms with van der Waals surface area (Å²) < 4.78 is 26.4. The van der Waals surface area contributed by atoms with Crippen molar-refractivity contribution in [1.29, 1.82) is 0 Å². The Morgan fingerprint density at radius 1 is 1.36 bits per heavy atom. The van der Waals surface area contributed by atoms with Crippen molar-refractivity contribution in [2.75, 3.05) is 6.26 Å². The van der Waals surface area contributed by atoms with Crippen LogP contribution in [0.15, 0.2) is 0 Å². The minimum atomic E-state index is -3.38. The van der Waals surface area contributed by atoms with Gasteiger partial charge in [-0.3, -0.25) is 4.18 Å². The Hall–Kier alpha value is -0.530. The summed E-state index contributed by atoms with van der Waals surface area (Å²) in [6.45, 7) is 3.94. The molecule has 0 aromatic carbocycles. The quantitative estimate of drug-likeness (QED) is 0.402. The average Bonchev–Trinajstić information content (AvgIpc) is 2.08. The predicted molar refractivity (Wildman–Crippen MR) is 57.3 cm³/mol. The van der Waals surface area contributed by atoms with Gasteiger partial charge < -0.3 is 0 Å². The van der Waals surface area contributed by atoms with Crippen molar-refractivity contribution < 1.29 is 12.6 Å². The van der Waals surface area contributed by atoms with Crippen LogP contribution in [0.25, 0.3) is 0 Å². The van der Waals surface area contributed by atoms with Gasteiger partial charge in [-0.25, -0.2) is 0 Å². The van der Waals surface area contributed by atoms with Gasteiger partial charge in [-0.05, 0) is 12.8 Å². The molecule has 0 aliphatic heterocycles. The summed E-state index contributed by atoms with van der Waals surface area (Å²) in [5, 5.41) is 0. The lowest BCUT2D eigenvalue weighted by Gasteiger charge is -2.06. The molecule has 0 spiro atoms. The molecule has 0 fully saturated rings. The van der Waals surface area contributed by atoms with Gasteiger partial charge in [0, 0.05) is 6.42 Å². The Kier molecular flexibility index (Phi) is 6.60. The van der Waals surface area contributed by atoms with Crippen LogP contribution in [0.5, 0.6) is 0 Å². The zero-order chi connectivity index (χ0) is 11.0. The van der Waals surface area contributed by atoms with E-state index in [0.29, 0.717) is 6.42 Å². The lowest BCUT2D eigenvalue weighted by atomic mass is 10.2. The monoisotopic (exact) mass is 218 g/mol. The maximum atomic E-state index is 10.8. The molecule has 0 amide bonds. The fourth-order valence-electron chi connectivity index (χ4n) is 0.856. The fourth-order valence-corrected chi connectivity index (χ4v) is 1.46. The molecule has 0 radical (unpaired) electrons. The third kappa shape index (κ3) is 8.09. The fraction of sp³-hybridized carbons (Fsp3) is 0.800. The van der Waals surface area contributed by atoms with Crippen LogP contribution in [-0.2, 0) is 14.3 Å². The van der Waals surface area contributed by atoms with Crippen LogP contribution in [0, 0.1) is 11.8 Å². The second-order valence-corrected chi connectivity index (χ2v) is 4.72. The maximum absolute atomic E-state index is 10.8. The highest BCUT2D eigenvalue weighted by molar-refractivity contribution is 7.86.